The number of nitrogens with zero attached hydrogens (tertiary/aromatic N) is 2. The summed E-state index contributed by atoms with van der Waals surface area (Å²) in [5, 5.41) is 0. The van der Waals surface area contributed by atoms with E-state index in [-0.39, 0.29) is 11.8 Å². The number of hydrogen-bond donors (Lipinski definition) is 0. The molecule has 1 fully saturated rings. The zero-order valence-corrected chi connectivity index (χ0v) is 11.8. The van der Waals surface area contributed by atoms with Crippen molar-refractivity contribution in [3.8, 4) is 0 Å². The average Bonchev–Trinajstić information content (AvgIpc) is 2.46. The van der Waals surface area contributed by atoms with Crippen LogP contribution in [0.15, 0.2) is 30.3 Å². The number of carbonyl (C=O) groups excluding carboxylic acids is 2. The molecule has 1 aromatic carbocycles. The molecule has 0 spiro atoms. The number of halogens is 2. The summed E-state index contributed by atoms with van der Waals surface area (Å²) in [6.45, 7) is 1.93. The topological polar surface area (TPSA) is 40.6 Å². The highest BCUT2D eigenvalue weighted by atomic mass is 35.5. The second-order valence-electron chi connectivity index (χ2n) is 4.28. The monoisotopic (exact) mass is 300 g/mol. The third kappa shape index (κ3) is 3.39. The minimum Gasteiger partial charge on any atom is -0.337 e. The normalized spacial score (nSPS) is 15.7. The van der Waals surface area contributed by atoms with Gasteiger partial charge in [-0.3, -0.25) is 9.59 Å². The summed E-state index contributed by atoms with van der Waals surface area (Å²) in [5.74, 6) is -0.309. The summed E-state index contributed by atoms with van der Waals surface area (Å²) >= 11 is 11.1. The van der Waals surface area contributed by atoms with Gasteiger partial charge in [-0.2, -0.15) is 0 Å². The van der Waals surface area contributed by atoms with Gasteiger partial charge < -0.3 is 9.80 Å². The summed E-state index contributed by atoms with van der Waals surface area (Å²) in [7, 11) is 0. The van der Waals surface area contributed by atoms with E-state index in [4.69, 9.17) is 23.2 Å². The van der Waals surface area contributed by atoms with Crippen LogP contribution in [-0.2, 0) is 4.79 Å². The molecule has 6 heteroatoms. The Hall–Kier alpha value is -1.26. The molecule has 0 unspecified atom stereocenters. The van der Waals surface area contributed by atoms with Gasteiger partial charge in [0.2, 0.25) is 0 Å². The molecule has 0 aliphatic carbocycles. The van der Waals surface area contributed by atoms with Crippen molar-refractivity contribution in [3.05, 3.63) is 35.9 Å². The Morgan fingerprint density at radius 3 is 2.00 bits per heavy atom. The highest BCUT2D eigenvalue weighted by molar-refractivity contribution is 6.53. The van der Waals surface area contributed by atoms with E-state index < -0.39 is 4.84 Å². The van der Waals surface area contributed by atoms with Crippen LogP contribution in [0.25, 0.3) is 0 Å². The first-order chi connectivity index (χ1) is 9.09. The van der Waals surface area contributed by atoms with E-state index >= 15 is 0 Å². The van der Waals surface area contributed by atoms with Crippen molar-refractivity contribution in [1.29, 1.82) is 0 Å². The first kappa shape index (κ1) is 14.2. The lowest BCUT2D eigenvalue weighted by Crippen LogP contribution is -2.51. The molecule has 0 aromatic heterocycles. The zero-order valence-electron chi connectivity index (χ0n) is 10.3. The zero-order chi connectivity index (χ0) is 13.8. The smallest absolute Gasteiger partial charge is 0.255 e. The van der Waals surface area contributed by atoms with Crippen LogP contribution in [0.4, 0.5) is 0 Å². The van der Waals surface area contributed by atoms with E-state index in [1.54, 1.807) is 21.9 Å². The number of alkyl halides is 2. The molecule has 0 atom stereocenters. The Balaban J connectivity index is 1.94. The Bertz CT molecular complexity index is 457. The van der Waals surface area contributed by atoms with Gasteiger partial charge in [0.05, 0.1) is 0 Å². The maximum atomic E-state index is 12.2. The molecule has 4 nitrogen and oxygen atoms in total. The highest BCUT2D eigenvalue weighted by Crippen LogP contribution is 2.12. The van der Waals surface area contributed by atoms with Gasteiger partial charge in [0.1, 0.15) is 0 Å². The minimum absolute atomic E-state index is 0.0130. The quantitative estimate of drug-likeness (QED) is 0.781. The Morgan fingerprint density at radius 1 is 0.947 bits per heavy atom. The molecular weight excluding hydrogens is 287 g/mol. The number of rotatable bonds is 2. The maximum Gasteiger partial charge on any atom is 0.255 e. The second-order valence-corrected chi connectivity index (χ2v) is 5.38. The molecule has 1 heterocycles. The van der Waals surface area contributed by atoms with Crippen LogP contribution in [0.2, 0.25) is 0 Å². The number of amides is 2. The van der Waals surface area contributed by atoms with Gasteiger partial charge in [-0.15, -0.1) is 0 Å². The van der Waals surface area contributed by atoms with Crippen LogP contribution in [-0.4, -0.2) is 52.6 Å². The van der Waals surface area contributed by atoms with E-state index in [1.165, 1.54) is 0 Å². The fourth-order valence-corrected chi connectivity index (χ4v) is 2.31. The SMILES string of the molecule is O=C(c1ccccc1)N1CCN(C(=O)C(Cl)Cl)CC1. The van der Waals surface area contributed by atoms with Crippen LogP contribution >= 0.6 is 23.2 Å². The first-order valence-electron chi connectivity index (χ1n) is 6.01. The van der Waals surface area contributed by atoms with Crippen molar-refractivity contribution in [2.24, 2.45) is 0 Å². The lowest BCUT2D eigenvalue weighted by atomic mass is 10.2. The summed E-state index contributed by atoms with van der Waals surface area (Å²) in [6, 6.07) is 9.10. The van der Waals surface area contributed by atoms with E-state index in [1.807, 2.05) is 18.2 Å². The number of piperazine rings is 1. The molecule has 1 aromatic rings. The number of carbonyl (C=O) groups is 2. The van der Waals surface area contributed by atoms with Gasteiger partial charge in [0.25, 0.3) is 11.8 Å². The third-order valence-corrected chi connectivity index (χ3v) is 3.46. The lowest BCUT2D eigenvalue weighted by Gasteiger charge is -2.35. The van der Waals surface area contributed by atoms with Gasteiger partial charge in [0, 0.05) is 31.7 Å². The molecule has 0 radical (unpaired) electrons. The Kier molecular flexibility index (Phi) is 4.66. The number of hydrogen-bond acceptors (Lipinski definition) is 2. The molecule has 0 N–H and O–H groups in total. The van der Waals surface area contributed by atoms with Gasteiger partial charge in [-0.1, -0.05) is 41.4 Å². The standard InChI is InChI=1S/C13H14Cl2N2O2/c14-11(15)13(19)17-8-6-16(7-9-17)12(18)10-4-2-1-3-5-10/h1-5,11H,6-9H2. The van der Waals surface area contributed by atoms with Gasteiger partial charge in [0.15, 0.2) is 4.84 Å². The molecule has 1 aliphatic heterocycles. The van der Waals surface area contributed by atoms with Gasteiger partial charge in [-0.25, -0.2) is 0 Å². The molecule has 1 saturated heterocycles. The highest BCUT2D eigenvalue weighted by Gasteiger charge is 2.27. The van der Waals surface area contributed by atoms with Crippen molar-refractivity contribution in [2.75, 3.05) is 26.2 Å². The molecule has 19 heavy (non-hydrogen) atoms. The molecule has 2 rings (SSSR count). The second kappa shape index (κ2) is 6.26. The fourth-order valence-electron chi connectivity index (χ4n) is 2.03. The van der Waals surface area contributed by atoms with Crippen LogP contribution in [0.5, 0.6) is 0 Å². The summed E-state index contributed by atoms with van der Waals surface area (Å²) < 4.78 is 0. The summed E-state index contributed by atoms with van der Waals surface area (Å²) in [6.07, 6.45) is 0. The molecule has 2 amide bonds. The molecule has 0 bridgehead atoms. The fraction of sp³-hybridized carbons (Fsp3) is 0.385. The average molecular weight is 301 g/mol. The molecule has 102 valence electrons. The van der Waals surface area contributed by atoms with Gasteiger partial charge >= 0.3 is 0 Å². The van der Waals surface area contributed by atoms with Crippen molar-refractivity contribution < 1.29 is 9.59 Å². The predicted molar refractivity (Wildman–Crippen MR) is 74.4 cm³/mol. The number of benzene rings is 1. The predicted octanol–water partition coefficient (Wildman–Crippen LogP) is 1.77. The van der Waals surface area contributed by atoms with E-state index in [0.29, 0.717) is 31.7 Å². The maximum absolute atomic E-state index is 12.2. The van der Waals surface area contributed by atoms with E-state index in [0.717, 1.165) is 0 Å². The molecule has 1 aliphatic rings. The van der Waals surface area contributed by atoms with Crippen LogP contribution < -0.4 is 0 Å². The summed E-state index contributed by atoms with van der Waals surface area (Å²) in [5.41, 5.74) is 0.662. The largest absolute Gasteiger partial charge is 0.337 e. The van der Waals surface area contributed by atoms with Crippen molar-refractivity contribution >= 4 is 35.0 Å². The third-order valence-electron chi connectivity index (χ3n) is 3.09. The summed E-state index contributed by atoms with van der Waals surface area (Å²) in [4.78, 5) is 26.1. The minimum atomic E-state index is -1.03. The Morgan fingerprint density at radius 2 is 1.47 bits per heavy atom. The lowest BCUT2D eigenvalue weighted by molar-refractivity contribution is -0.130. The van der Waals surface area contributed by atoms with Crippen molar-refractivity contribution in [3.63, 3.8) is 0 Å². The van der Waals surface area contributed by atoms with Crippen molar-refractivity contribution in [2.45, 2.75) is 4.84 Å². The van der Waals surface area contributed by atoms with Crippen LogP contribution in [0.3, 0.4) is 0 Å². The van der Waals surface area contributed by atoms with E-state index in [9.17, 15) is 9.59 Å². The van der Waals surface area contributed by atoms with E-state index in [2.05, 4.69) is 0 Å². The Labute approximate surface area is 121 Å². The van der Waals surface area contributed by atoms with Gasteiger partial charge in [-0.05, 0) is 12.1 Å². The van der Waals surface area contributed by atoms with Crippen LogP contribution in [0.1, 0.15) is 10.4 Å². The van der Waals surface area contributed by atoms with Crippen LogP contribution in [0, 0.1) is 0 Å². The first-order valence-corrected chi connectivity index (χ1v) is 6.88. The molecular formula is C13H14Cl2N2O2. The molecule has 0 saturated carbocycles. The van der Waals surface area contributed by atoms with Crippen molar-refractivity contribution in [1.82, 2.24) is 9.80 Å².